The lowest BCUT2D eigenvalue weighted by atomic mass is 10.2. The van der Waals surface area contributed by atoms with Gasteiger partial charge in [-0.2, -0.15) is 0 Å². The Hall–Kier alpha value is -2.94. The monoisotopic (exact) mass is 358 g/mol. The maximum atomic E-state index is 12.0. The topological polar surface area (TPSA) is 109 Å². The highest BCUT2D eigenvalue weighted by molar-refractivity contribution is 7.09. The zero-order valence-corrected chi connectivity index (χ0v) is 14.1. The van der Waals surface area contributed by atoms with Gasteiger partial charge in [0.1, 0.15) is 13.2 Å². The Morgan fingerprint density at radius 1 is 1.36 bits per heavy atom. The van der Waals surface area contributed by atoms with E-state index in [1.54, 1.807) is 12.1 Å². The Labute approximate surface area is 146 Å². The summed E-state index contributed by atoms with van der Waals surface area (Å²) in [5.74, 6) is 0.562. The Morgan fingerprint density at radius 3 is 2.84 bits per heavy atom. The molecule has 25 heavy (non-hydrogen) atoms. The lowest BCUT2D eigenvalue weighted by Gasteiger charge is -2.17. The fraction of sp³-hybridized carbons (Fsp3) is 0.250. The van der Waals surface area contributed by atoms with Gasteiger partial charge in [0.25, 0.3) is 5.91 Å². The summed E-state index contributed by atoms with van der Waals surface area (Å²) in [5.41, 5.74) is 1.47. The number of carbonyl (C=O) groups is 1. The first-order chi connectivity index (χ1) is 12.1. The van der Waals surface area contributed by atoms with Crippen molar-refractivity contribution in [3.05, 3.63) is 28.2 Å². The molecular weight excluding hydrogens is 344 g/mol. The van der Waals surface area contributed by atoms with Gasteiger partial charge in [-0.3, -0.25) is 4.79 Å². The zero-order valence-electron chi connectivity index (χ0n) is 13.3. The quantitative estimate of drug-likeness (QED) is 0.699. The molecule has 1 aliphatic rings. The van der Waals surface area contributed by atoms with E-state index in [1.807, 2.05) is 12.3 Å². The summed E-state index contributed by atoms with van der Waals surface area (Å²) >= 11 is 1.47. The number of aromatic nitrogens is 2. The number of hydrogen-bond acceptors (Lipinski definition) is 7. The molecule has 3 heterocycles. The van der Waals surface area contributed by atoms with Gasteiger partial charge < -0.3 is 19.6 Å². The normalized spacial score (nSPS) is 13.6. The van der Waals surface area contributed by atoms with E-state index in [4.69, 9.17) is 9.47 Å². The second kappa shape index (κ2) is 6.17. The Morgan fingerprint density at radius 2 is 2.12 bits per heavy atom. The van der Waals surface area contributed by atoms with Crippen LogP contribution in [0, 0.1) is 6.92 Å². The molecule has 0 unspecified atom stereocenters. The van der Waals surface area contributed by atoms with Crippen LogP contribution in [-0.4, -0.2) is 34.2 Å². The van der Waals surface area contributed by atoms with Crippen molar-refractivity contribution < 1.29 is 19.4 Å². The van der Waals surface area contributed by atoms with E-state index in [2.05, 4.69) is 20.2 Å². The predicted molar refractivity (Wildman–Crippen MR) is 91.0 cm³/mol. The van der Waals surface area contributed by atoms with E-state index in [9.17, 15) is 9.90 Å². The number of carbonyl (C=O) groups excluding carboxylic acids is 1. The van der Waals surface area contributed by atoms with E-state index >= 15 is 0 Å². The van der Waals surface area contributed by atoms with Gasteiger partial charge in [0.15, 0.2) is 17.2 Å². The summed E-state index contributed by atoms with van der Waals surface area (Å²) in [7, 11) is 0. The van der Waals surface area contributed by atoms with Gasteiger partial charge in [-0.15, -0.1) is 21.6 Å². The molecule has 0 spiro atoms. The summed E-state index contributed by atoms with van der Waals surface area (Å²) < 4.78 is 11.0. The number of nitrogens with zero attached hydrogens (tertiary/aromatic N) is 3. The molecule has 0 radical (unpaired) electrons. The average molecular weight is 358 g/mol. The Bertz CT molecular complexity index is 992. The molecule has 0 aliphatic carbocycles. The van der Waals surface area contributed by atoms with Gasteiger partial charge in [0, 0.05) is 16.8 Å². The molecule has 128 valence electrons. The van der Waals surface area contributed by atoms with Gasteiger partial charge in [-0.05, 0) is 13.0 Å². The van der Waals surface area contributed by atoms with Crippen molar-refractivity contribution in [2.75, 3.05) is 13.2 Å². The predicted octanol–water partition coefficient (Wildman–Crippen LogP) is 3.26. The van der Waals surface area contributed by atoms with E-state index in [0.717, 1.165) is 5.01 Å². The summed E-state index contributed by atoms with van der Waals surface area (Å²) in [4.78, 5) is 19.0. The molecule has 1 amide bonds. The average Bonchev–Trinajstić information content (AvgIpc) is 3.13. The van der Waals surface area contributed by atoms with Gasteiger partial charge in [0.05, 0.1) is 22.6 Å². The fourth-order valence-electron chi connectivity index (χ4n) is 2.59. The summed E-state index contributed by atoms with van der Waals surface area (Å²) in [5, 5.41) is 21.0. The maximum Gasteiger partial charge on any atom is 0.270 e. The smallest absolute Gasteiger partial charge is 0.270 e. The second-order valence-corrected chi connectivity index (χ2v) is 6.55. The van der Waals surface area contributed by atoms with E-state index in [-0.39, 0.29) is 18.0 Å². The molecule has 1 aliphatic heterocycles. The third-order valence-electron chi connectivity index (χ3n) is 3.68. The van der Waals surface area contributed by atoms with Crippen LogP contribution in [0.3, 0.4) is 0 Å². The lowest BCUT2D eigenvalue weighted by molar-refractivity contribution is -0.117. The van der Waals surface area contributed by atoms with Crippen molar-refractivity contribution in [2.24, 2.45) is 10.2 Å². The molecule has 4 rings (SSSR count). The second-order valence-electron chi connectivity index (χ2n) is 5.49. The first-order valence-corrected chi connectivity index (χ1v) is 8.48. The number of aryl methyl sites for hydroxylation is 1. The van der Waals surface area contributed by atoms with Gasteiger partial charge in [0.2, 0.25) is 5.88 Å². The molecule has 2 N–H and O–H groups in total. The van der Waals surface area contributed by atoms with Crippen LogP contribution >= 0.6 is 11.3 Å². The van der Waals surface area contributed by atoms with Crippen LogP contribution in [-0.2, 0) is 11.2 Å². The van der Waals surface area contributed by atoms with E-state index in [0.29, 0.717) is 41.3 Å². The number of amides is 1. The van der Waals surface area contributed by atoms with E-state index < -0.39 is 5.91 Å². The highest BCUT2D eigenvalue weighted by Crippen LogP contribution is 2.42. The van der Waals surface area contributed by atoms with Crippen molar-refractivity contribution >= 4 is 33.8 Å². The number of azo groups is 1. The van der Waals surface area contributed by atoms with Crippen molar-refractivity contribution in [2.45, 2.75) is 13.3 Å². The fourth-order valence-corrected chi connectivity index (χ4v) is 3.20. The third-order valence-corrected chi connectivity index (χ3v) is 4.50. The molecule has 0 bridgehead atoms. The lowest BCUT2D eigenvalue weighted by Crippen LogP contribution is -2.15. The summed E-state index contributed by atoms with van der Waals surface area (Å²) in [6.45, 7) is 2.80. The van der Waals surface area contributed by atoms with Crippen LogP contribution in [0.5, 0.6) is 17.4 Å². The SMILES string of the molecule is Cc1nc(CC(=O)N=Nc2c(O)[nH]c3cc4c(cc23)OCCO4)cs1. The van der Waals surface area contributed by atoms with Gasteiger partial charge in [-0.25, -0.2) is 4.98 Å². The first kappa shape index (κ1) is 15.6. The van der Waals surface area contributed by atoms with Crippen LogP contribution in [0.1, 0.15) is 10.7 Å². The van der Waals surface area contributed by atoms with Crippen LogP contribution in [0.15, 0.2) is 27.7 Å². The van der Waals surface area contributed by atoms with Gasteiger partial charge >= 0.3 is 0 Å². The molecule has 1 aromatic carbocycles. The molecule has 8 nitrogen and oxygen atoms in total. The van der Waals surface area contributed by atoms with Crippen molar-refractivity contribution in [3.63, 3.8) is 0 Å². The van der Waals surface area contributed by atoms with Crippen molar-refractivity contribution in [1.29, 1.82) is 0 Å². The summed E-state index contributed by atoms with van der Waals surface area (Å²) in [6, 6.07) is 3.44. The van der Waals surface area contributed by atoms with Crippen LogP contribution < -0.4 is 9.47 Å². The van der Waals surface area contributed by atoms with Gasteiger partial charge in [-0.1, -0.05) is 0 Å². The summed E-state index contributed by atoms with van der Waals surface area (Å²) in [6.07, 6.45) is 0.0727. The van der Waals surface area contributed by atoms with Crippen LogP contribution in [0.25, 0.3) is 10.9 Å². The highest BCUT2D eigenvalue weighted by Gasteiger charge is 2.18. The molecule has 0 saturated heterocycles. The molecule has 0 fully saturated rings. The zero-order chi connectivity index (χ0) is 17.4. The molecular formula is C16H14N4O4S. The molecule has 9 heteroatoms. The van der Waals surface area contributed by atoms with Crippen LogP contribution in [0.2, 0.25) is 0 Å². The Kier molecular flexibility index (Phi) is 3.85. The number of aromatic amines is 1. The number of hydrogen-bond donors (Lipinski definition) is 2. The molecule has 0 saturated carbocycles. The standard InChI is InChI=1S/C16H14N4O4S/c1-8-17-9(7-25-8)4-14(21)19-20-15-10-5-12-13(24-3-2-23-12)6-11(10)18-16(15)22/h5-7,18,22H,2-4H2,1H3. The molecule has 0 atom stereocenters. The van der Waals surface area contributed by atoms with E-state index in [1.165, 1.54) is 11.3 Å². The number of rotatable bonds is 3. The number of thiazole rings is 1. The number of H-pyrrole nitrogens is 1. The third kappa shape index (κ3) is 3.05. The highest BCUT2D eigenvalue weighted by atomic mass is 32.1. The minimum absolute atomic E-state index is 0.0727. The first-order valence-electron chi connectivity index (χ1n) is 7.60. The number of ether oxygens (including phenoxy) is 2. The minimum Gasteiger partial charge on any atom is -0.493 e. The number of benzene rings is 1. The molecule has 3 aromatic rings. The number of nitrogens with one attached hydrogen (secondary N) is 1. The largest absolute Gasteiger partial charge is 0.493 e. The van der Waals surface area contributed by atoms with Crippen molar-refractivity contribution in [1.82, 2.24) is 9.97 Å². The number of fused-ring (bicyclic) bond motifs is 2. The minimum atomic E-state index is -0.434. The van der Waals surface area contributed by atoms with Crippen molar-refractivity contribution in [3.8, 4) is 17.4 Å². The molecule has 2 aromatic heterocycles. The maximum absolute atomic E-state index is 12.0. The van der Waals surface area contributed by atoms with Crippen LogP contribution in [0.4, 0.5) is 5.69 Å². The Balaban J connectivity index is 1.62. The number of aromatic hydroxyl groups is 1.